The zero-order valence-electron chi connectivity index (χ0n) is 19.6. The molecule has 3 aromatic carbocycles. The van der Waals surface area contributed by atoms with Gasteiger partial charge in [-0.05, 0) is 60.2 Å². The zero-order valence-corrected chi connectivity index (χ0v) is 19.6. The third-order valence-corrected chi connectivity index (χ3v) is 4.85. The number of hydrogen-bond acceptors (Lipinski definition) is 7. The first-order chi connectivity index (χ1) is 17.4. The Bertz CT molecular complexity index is 1330. The number of rotatable bonds is 9. The molecule has 36 heavy (non-hydrogen) atoms. The third-order valence-electron chi connectivity index (χ3n) is 4.85. The van der Waals surface area contributed by atoms with Gasteiger partial charge in [0.05, 0.1) is 25.5 Å². The van der Waals surface area contributed by atoms with Gasteiger partial charge in [0.1, 0.15) is 23.1 Å². The summed E-state index contributed by atoms with van der Waals surface area (Å²) in [5.41, 5.74) is 1.66. The maximum atomic E-state index is 12.6. The number of hydrogen-bond donors (Lipinski definition) is 2. The lowest BCUT2D eigenvalue weighted by Crippen LogP contribution is -2.20. The van der Waals surface area contributed by atoms with Gasteiger partial charge < -0.3 is 24.8 Å². The summed E-state index contributed by atoms with van der Waals surface area (Å²) in [5, 5.41) is 14.8. The smallest absolute Gasteiger partial charge is 0.337 e. The molecule has 3 rings (SSSR count). The molecule has 0 unspecified atom stereocenters. The van der Waals surface area contributed by atoms with E-state index in [1.807, 2.05) is 6.07 Å². The van der Waals surface area contributed by atoms with Crippen LogP contribution in [0, 0.1) is 11.3 Å². The summed E-state index contributed by atoms with van der Waals surface area (Å²) in [4.78, 5) is 36.4. The van der Waals surface area contributed by atoms with Crippen LogP contribution >= 0.6 is 0 Å². The number of ether oxygens (including phenoxy) is 3. The van der Waals surface area contributed by atoms with E-state index >= 15 is 0 Å². The Morgan fingerprint density at radius 2 is 1.69 bits per heavy atom. The van der Waals surface area contributed by atoms with Gasteiger partial charge >= 0.3 is 5.97 Å². The lowest BCUT2D eigenvalue weighted by atomic mass is 10.1. The second kappa shape index (κ2) is 12.4. The Morgan fingerprint density at radius 3 is 2.39 bits per heavy atom. The number of anilines is 2. The standard InChI is InChI=1S/C27H23N3O6/c1-34-24-9-4-3-8-23(24)30-25(31)17-36-22-7-5-6-18(15-22)14-20(16-28)26(32)29-21-12-10-19(11-13-21)27(33)35-2/h3-15H,17H2,1-2H3,(H,29,32)(H,30,31). The Hall–Kier alpha value is -5.10. The number of esters is 1. The minimum atomic E-state index is -0.620. The number of nitrogens with zero attached hydrogens (tertiary/aromatic N) is 1. The van der Waals surface area contributed by atoms with Crippen LogP contribution in [0.25, 0.3) is 6.08 Å². The largest absolute Gasteiger partial charge is 0.495 e. The van der Waals surface area contributed by atoms with Crippen LogP contribution < -0.4 is 20.1 Å². The number of amides is 2. The maximum absolute atomic E-state index is 12.6. The summed E-state index contributed by atoms with van der Waals surface area (Å²) in [7, 11) is 2.79. The molecule has 0 aliphatic carbocycles. The van der Waals surface area contributed by atoms with E-state index in [4.69, 9.17) is 9.47 Å². The van der Waals surface area contributed by atoms with Gasteiger partial charge in [0.25, 0.3) is 11.8 Å². The number of methoxy groups -OCH3 is 2. The molecule has 0 heterocycles. The molecule has 3 aromatic rings. The second-order valence-corrected chi connectivity index (χ2v) is 7.30. The van der Waals surface area contributed by atoms with E-state index in [9.17, 15) is 19.6 Å². The molecule has 0 bridgehead atoms. The van der Waals surface area contributed by atoms with E-state index in [1.54, 1.807) is 48.5 Å². The van der Waals surface area contributed by atoms with E-state index in [0.29, 0.717) is 34.0 Å². The van der Waals surface area contributed by atoms with Gasteiger partial charge in [0, 0.05) is 5.69 Å². The number of nitrogens with one attached hydrogen (secondary N) is 2. The summed E-state index contributed by atoms with van der Waals surface area (Å²) in [6.45, 7) is -0.252. The van der Waals surface area contributed by atoms with Crippen molar-refractivity contribution >= 4 is 35.2 Å². The Balaban J connectivity index is 1.63. The van der Waals surface area contributed by atoms with Crippen molar-refractivity contribution in [1.82, 2.24) is 0 Å². The first-order valence-corrected chi connectivity index (χ1v) is 10.7. The fraction of sp³-hybridized carbons (Fsp3) is 0.111. The van der Waals surface area contributed by atoms with Crippen LogP contribution in [-0.4, -0.2) is 38.6 Å². The molecule has 0 radical (unpaired) electrons. The Labute approximate surface area is 207 Å². The van der Waals surface area contributed by atoms with Crippen LogP contribution in [0.5, 0.6) is 11.5 Å². The lowest BCUT2D eigenvalue weighted by molar-refractivity contribution is -0.118. The summed E-state index contributed by atoms with van der Waals surface area (Å²) < 4.78 is 15.4. The molecular formula is C27H23N3O6. The summed E-state index contributed by atoms with van der Waals surface area (Å²) in [6.07, 6.45) is 1.40. The van der Waals surface area contributed by atoms with Crippen molar-refractivity contribution < 1.29 is 28.6 Å². The van der Waals surface area contributed by atoms with Gasteiger partial charge in [-0.3, -0.25) is 9.59 Å². The molecular weight excluding hydrogens is 462 g/mol. The quantitative estimate of drug-likeness (QED) is 0.266. The van der Waals surface area contributed by atoms with Crippen molar-refractivity contribution in [3.8, 4) is 17.6 Å². The highest BCUT2D eigenvalue weighted by Gasteiger charge is 2.12. The molecule has 0 aromatic heterocycles. The van der Waals surface area contributed by atoms with Crippen LogP contribution in [-0.2, 0) is 14.3 Å². The fourth-order valence-corrected chi connectivity index (χ4v) is 3.10. The number of carbonyl (C=O) groups excluding carboxylic acids is 3. The van der Waals surface area contributed by atoms with Crippen LogP contribution in [0.4, 0.5) is 11.4 Å². The molecule has 0 aliphatic heterocycles. The monoisotopic (exact) mass is 485 g/mol. The summed E-state index contributed by atoms with van der Waals surface area (Å²) in [6, 6.07) is 21.6. The van der Waals surface area contributed by atoms with Crippen molar-refractivity contribution in [3.05, 3.63) is 89.5 Å². The molecule has 0 saturated heterocycles. The van der Waals surface area contributed by atoms with Gasteiger partial charge in [-0.25, -0.2) is 4.79 Å². The average Bonchev–Trinajstić information content (AvgIpc) is 2.91. The van der Waals surface area contributed by atoms with Crippen molar-refractivity contribution in [2.24, 2.45) is 0 Å². The zero-order chi connectivity index (χ0) is 25.9. The third kappa shape index (κ3) is 6.95. The van der Waals surface area contributed by atoms with Crippen LogP contribution in [0.2, 0.25) is 0 Å². The first-order valence-electron chi connectivity index (χ1n) is 10.7. The molecule has 182 valence electrons. The molecule has 9 heteroatoms. The van der Waals surface area contributed by atoms with Crippen molar-refractivity contribution in [1.29, 1.82) is 5.26 Å². The SMILES string of the molecule is COC(=O)c1ccc(NC(=O)C(C#N)=Cc2cccc(OCC(=O)Nc3ccccc3OC)c2)cc1. The van der Waals surface area contributed by atoms with Gasteiger partial charge in [-0.1, -0.05) is 24.3 Å². The minimum Gasteiger partial charge on any atom is -0.495 e. The molecule has 0 fully saturated rings. The number of nitriles is 1. The molecule has 2 N–H and O–H groups in total. The maximum Gasteiger partial charge on any atom is 0.337 e. The van der Waals surface area contributed by atoms with Crippen LogP contribution in [0.1, 0.15) is 15.9 Å². The van der Waals surface area contributed by atoms with E-state index in [2.05, 4.69) is 15.4 Å². The average molecular weight is 485 g/mol. The highest BCUT2D eigenvalue weighted by atomic mass is 16.5. The molecule has 0 aliphatic rings. The topological polar surface area (TPSA) is 127 Å². The lowest BCUT2D eigenvalue weighted by Gasteiger charge is -2.11. The van der Waals surface area contributed by atoms with Gasteiger partial charge in [0.2, 0.25) is 0 Å². The van der Waals surface area contributed by atoms with Gasteiger partial charge in [-0.15, -0.1) is 0 Å². The molecule has 9 nitrogen and oxygen atoms in total. The Kier molecular flexibility index (Phi) is 8.78. The molecule has 2 amide bonds. The number of para-hydroxylation sites is 2. The van der Waals surface area contributed by atoms with Gasteiger partial charge in [0.15, 0.2) is 6.61 Å². The summed E-state index contributed by atoms with van der Waals surface area (Å²) >= 11 is 0. The van der Waals surface area contributed by atoms with Crippen molar-refractivity contribution in [3.63, 3.8) is 0 Å². The normalized spacial score (nSPS) is 10.5. The van der Waals surface area contributed by atoms with E-state index in [0.717, 1.165) is 0 Å². The highest BCUT2D eigenvalue weighted by Crippen LogP contribution is 2.23. The van der Waals surface area contributed by atoms with Crippen molar-refractivity contribution in [2.45, 2.75) is 0 Å². The number of carbonyl (C=O) groups is 3. The van der Waals surface area contributed by atoms with Crippen LogP contribution in [0.3, 0.4) is 0 Å². The number of benzene rings is 3. The summed E-state index contributed by atoms with van der Waals surface area (Å²) in [5.74, 6) is -0.582. The second-order valence-electron chi connectivity index (χ2n) is 7.30. The van der Waals surface area contributed by atoms with Crippen molar-refractivity contribution in [2.75, 3.05) is 31.5 Å². The fourth-order valence-electron chi connectivity index (χ4n) is 3.10. The molecule has 0 spiro atoms. The first kappa shape index (κ1) is 25.5. The predicted molar refractivity (Wildman–Crippen MR) is 134 cm³/mol. The molecule has 0 saturated carbocycles. The highest BCUT2D eigenvalue weighted by molar-refractivity contribution is 6.09. The van der Waals surface area contributed by atoms with E-state index in [1.165, 1.54) is 44.6 Å². The van der Waals surface area contributed by atoms with Gasteiger partial charge in [-0.2, -0.15) is 5.26 Å². The molecule has 0 atom stereocenters. The van der Waals surface area contributed by atoms with E-state index < -0.39 is 11.9 Å². The van der Waals surface area contributed by atoms with Crippen LogP contribution in [0.15, 0.2) is 78.4 Å². The predicted octanol–water partition coefficient (Wildman–Crippen LogP) is 4.04. The Morgan fingerprint density at radius 1 is 0.944 bits per heavy atom. The van der Waals surface area contributed by atoms with E-state index in [-0.39, 0.29) is 18.1 Å². The minimum absolute atomic E-state index is 0.141.